The number of Topliss-reactive ketones (excluding diaryl/α,β-unsaturated/α-hetero) is 1. The molecule has 2 amide bonds. The van der Waals surface area contributed by atoms with Gasteiger partial charge in [0.2, 0.25) is 11.8 Å². The first-order chi connectivity index (χ1) is 15.8. The first kappa shape index (κ1) is 24.5. The number of benzene rings is 2. The summed E-state index contributed by atoms with van der Waals surface area (Å²) in [5, 5.41) is 2.92. The van der Waals surface area contributed by atoms with Gasteiger partial charge in [-0.3, -0.25) is 14.4 Å². The number of carbonyl (C=O) groups excluding carboxylic acids is 3. The summed E-state index contributed by atoms with van der Waals surface area (Å²) in [7, 11) is 1.58. The summed E-state index contributed by atoms with van der Waals surface area (Å²) in [4.78, 5) is 38.8. The van der Waals surface area contributed by atoms with E-state index in [1.54, 1.807) is 14.0 Å². The van der Waals surface area contributed by atoms with Crippen molar-refractivity contribution in [2.75, 3.05) is 13.7 Å². The quantitative estimate of drug-likeness (QED) is 0.481. The van der Waals surface area contributed by atoms with Gasteiger partial charge in [-0.1, -0.05) is 49.4 Å². The third kappa shape index (κ3) is 6.20. The number of amides is 2. The van der Waals surface area contributed by atoms with Gasteiger partial charge in [0, 0.05) is 5.92 Å². The van der Waals surface area contributed by atoms with Crippen molar-refractivity contribution >= 4 is 17.6 Å². The molecule has 1 saturated heterocycles. The summed E-state index contributed by atoms with van der Waals surface area (Å²) in [5.74, 6) is -1.74. The molecule has 1 aliphatic heterocycles. The highest BCUT2D eigenvalue weighted by Crippen LogP contribution is 2.30. The average Bonchev–Trinajstić information content (AvgIpc) is 3.57. The predicted octanol–water partition coefficient (Wildman–Crippen LogP) is 2.45. The maximum Gasteiger partial charge on any atom is 0.224 e. The van der Waals surface area contributed by atoms with Crippen LogP contribution in [0.25, 0.3) is 0 Å². The second kappa shape index (κ2) is 10.6. The molecule has 3 N–H and O–H groups in total. The van der Waals surface area contributed by atoms with E-state index in [4.69, 9.17) is 15.2 Å². The topological polar surface area (TPSA) is 111 Å². The van der Waals surface area contributed by atoms with Crippen LogP contribution < -0.4 is 15.8 Å². The van der Waals surface area contributed by atoms with Crippen molar-refractivity contribution in [1.82, 2.24) is 5.32 Å². The number of ketones is 1. The number of hydrogen-bond donors (Lipinski definition) is 2. The van der Waals surface area contributed by atoms with Crippen LogP contribution >= 0.6 is 0 Å². The van der Waals surface area contributed by atoms with Crippen LogP contribution in [0.3, 0.4) is 0 Å². The number of nitrogens with one attached hydrogen (secondary N) is 1. The van der Waals surface area contributed by atoms with Crippen LogP contribution in [0.1, 0.15) is 31.4 Å². The van der Waals surface area contributed by atoms with Crippen LogP contribution in [-0.4, -0.2) is 43.0 Å². The van der Waals surface area contributed by atoms with Gasteiger partial charge in [0.25, 0.3) is 0 Å². The SMILES string of the molecule is CCC(C(N)=O)[C@H](Cc1ccc(OC)cc1)C(=O)N[C@@H](Cc1ccccc1)C(=O)[C@@]1(C)CO1. The van der Waals surface area contributed by atoms with Gasteiger partial charge in [-0.2, -0.15) is 0 Å². The Kier molecular flexibility index (Phi) is 7.87. The lowest BCUT2D eigenvalue weighted by molar-refractivity contribution is -0.136. The Labute approximate surface area is 194 Å². The number of ether oxygens (including phenoxy) is 2. The second-order valence-corrected chi connectivity index (χ2v) is 8.71. The molecule has 0 aromatic heterocycles. The molecule has 0 saturated carbocycles. The zero-order valence-electron chi connectivity index (χ0n) is 19.4. The molecule has 1 fully saturated rings. The zero-order chi connectivity index (χ0) is 24.0. The van der Waals surface area contributed by atoms with E-state index in [2.05, 4.69) is 5.32 Å². The molecule has 0 spiro atoms. The van der Waals surface area contributed by atoms with Crippen molar-refractivity contribution in [2.45, 2.75) is 44.8 Å². The maximum atomic E-state index is 13.5. The van der Waals surface area contributed by atoms with Crippen LogP contribution in [-0.2, 0) is 32.0 Å². The van der Waals surface area contributed by atoms with E-state index in [-0.39, 0.29) is 11.7 Å². The molecule has 2 aromatic rings. The highest BCUT2D eigenvalue weighted by Gasteiger charge is 2.50. The van der Waals surface area contributed by atoms with Crippen molar-refractivity contribution in [3.63, 3.8) is 0 Å². The lowest BCUT2D eigenvalue weighted by Crippen LogP contribution is -2.51. The Morgan fingerprint density at radius 2 is 1.64 bits per heavy atom. The summed E-state index contributed by atoms with van der Waals surface area (Å²) in [6.45, 7) is 3.89. The number of carbonyl (C=O) groups is 3. The van der Waals surface area contributed by atoms with E-state index in [0.717, 1.165) is 11.1 Å². The summed E-state index contributed by atoms with van der Waals surface area (Å²) in [6, 6.07) is 16.1. The van der Waals surface area contributed by atoms with Gasteiger partial charge in [0.1, 0.15) is 11.4 Å². The molecule has 1 unspecified atom stereocenters. The van der Waals surface area contributed by atoms with Crippen molar-refractivity contribution in [3.05, 3.63) is 65.7 Å². The minimum absolute atomic E-state index is 0.171. The third-order valence-electron chi connectivity index (χ3n) is 6.26. The highest BCUT2D eigenvalue weighted by molar-refractivity contribution is 5.97. The summed E-state index contributed by atoms with van der Waals surface area (Å²) in [6.07, 6.45) is 1.08. The van der Waals surface area contributed by atoms with Crippen LogP contribution in [0.2, 0.25) is 0 Å². The lowest BCUT2D eigenvalue weighted by Gasteiger charge is -2.27. The maximum absolute atomic E-state index is 13.5. The zero-order valence-corrected chi connectivity index (χ0v) is 19.4. The Morgan fingerprint density at radius 3 is 2.15 bits per heavy atom. The van der Waals surface area contributed by atoms with Crippen LogP contribution in [0.15, 0.2) is 54.6 Å². The number of methoxy groups -OCH3 is 1. The van der Waals surface area contributed by atoms with E-state index < -0.39 is 29.4 Å². The summed E-state index contributed by atoms with van der Waals surface area (Å²) in [5.41, 5.74) is 6.57. The molecule has 2 aromatic carbocycles. The number of hydrogen-bond acceptors (Lipinski definition) is 5. The standard InChI is InChI=1S/C26H32N2O5/c1-4-20(24(27)30)21(14-18-10-12-19(32-3)13-11-18)25(31)28-22(23(29)26(2)16-33-26)15-17-8-6-5-7-9-17/h5-13,20-22H,4,14-16H2,1-3H3,(H2,27,30)(H,28,31)/t20?,21-,22-,26+/m0/s1. The van der Waals surface area contributed by atoms with E-state index in [1.807, 2.05) is 61.5 Å². The van der Waals surface area contributed by atoms with Crippen LogP contribution in [0.4, 0.5) is 0 Å². The van der Waals surface area contributed by atoms with Crippen molar-refractivity contribution in [2.24, 2.45) is 17.6 Å². The predicted molar refractivity (Wildman–Crippen MR) is 125 cm³/mol. The molecule has 0 radical (unpaired) electrons. The normalized spacial score (nSPS) is 19.7. The number of rotatable bonds is 12. The molecule has 33 heavy (non-hydrogen) atoms. The van der Waals surface area contributed by atoms with Gasteiger partial charge in [0.15, 0.2) is 5.78 Å². The first-order valence-electron chi connectivity index (χ1n) is 11.2. The molecule has 176 valence electrons. The van der Waals surface area contributed by atoms with Crippen molar-refractivity contribution < 1.29 is 23.9 Å². The number of epoxide rings is 1. The molecular weight excluding hydrogens is 420 g/mol. The van der Waals surface area contributed by atoms with Gasteiger partial charge in [-0.25, -0.2) is 0 Å². The Morgan fingerprint density at radius 1 is 1.03 bits per heavy atom. The largest absolute Gasteiger partial charge is 0.497 e. The highest BCUT2D eigenvalue weighted by atomic mass is 16.6. The van der Waals surface area contributed by atoms with Crippen LogP contribution in [0, 0.1) is 11.8 Å². The summed E-state index contributed by atoms with van der Waals surface area (Å²) < 4.78 is 10.6. The molecule has 7 nitrogen and oxygen atoms in total. The van der Waals surface area contributed by atoms with Gasteiger partial charge in [-0.15, -0.1) is 0 Å². The Bertz CT molecular complexity index is 970. The fourth-order valence-corrected chi connectivity index (χ4v) is 4.07. The van der Waals surface area contributed by atoms with Crippen molar-refractivity contribution in [1.29, 1.82) is 0 Å². The van der Waals surface area contributed by atoms with Gasteiger partial charge in [-0.05, 0) is 49.4 Å². The minimum atomic E-state index is -0.883. The molecule has 1 aliphatic rings. The molecule has 1 heterocycles. The molecule has 3 rings (SSSR count). The lowest BCUT2D eigenvalue weighted by atomic mass is 9.83. The third-order valence-corrected chi connectivity index (χ3v) is 6.26. The average molecular weight is 453 g/mol. The molecular formula is C26H32N2O5. The summed E-state index contributed by atoms with van der Waals surface area (Å²) >= 11 is 0. The van der Waals surface area contributed by atoms with Gasteiger partial charge in [0.05, 0.1) is 25.7 Å². The fraction of sp³-hybridized carbons (Fsp3) is 0.423. The molecule has 4 atom stereocenters. The van der Waals surface area contributed by atoms with E-state index >= 15 is 0 Å². The second-order valence-electron chi connectivity index (χ2n) is 8.71. The first-order valence-corrected chi connectivity index (χ1v) is 11.2. The van der Waals surface area contributed by atoms with Crippen molar-refractivity contribution in [3.8, 4) is 5.75 Å². The Balaban J connectivity index is 1.84. The Hall–Kier alpha value is -3.19. The fourth-order valence-electron chi connectivity index (χ4n) is 4.07. The number of nitrogens with two attached hydrogens (primary N) is 1. The molecule has 0 aliphatic carbocycles. The van der Waals surface area contributed by atoms with E-state index in [1.165, 1.54) is 0 Å². The van der Waals surface area contributed by atoms with E-state index in [0.29, 0.717) is 31.6 Å². The van der Waals surface area contributed by atoms with Gasteiger partial charge < -0.3 is 20.5 Å². The van der Waals surface area contributed by atoms with E-state index in [9.17, 15) is 14.4 Å². The number of primary amides is 1. The smallest absolute Gasteiger partial charge is 0.224 e. The van der Waals surface area contributed by atoms with Gasteiger partial charge >= 0.3 is 0 Å². The van der Waals surface area contributed by atoms with Crippen LogP contribution in [0.5, 0.6) is 5.75 Å². The minimum Gasteiger partial charge on any atom is -0.497 e. The monoisotopic (exact) mass is 452 g/mol. The molecule has 0 bridgehead atoms. The molecule has 7 heteroatoms.